The summed E-state index contributed by atoms with van der Waals surface area (Å²) in [5, 5.41) is 4.02. The predicted molar refractivity (Wildman–Crippen MR) is 99.0 cm³/mol. The Morgan fingerprint density at radius 1 is 1.18 bits per heavy atom. The third-order valence-electron chi connectivity index (χ3n) is 3.80. The second-order valence-electron chi connectivity index (χ2n) is 5.04. The van der Waals surface area contributed by atoms with Gasteiger partial charge in [-0.1, -0.05) is 23.7 Å². The number of carbonyl (C=O) groups excluding carboxylic acids is 1. The third-order valence-corrected chi connectivity index (χ3v) is 5.06. The molecule has 0 aromatic heterocycles. The number of benzene rings is 1. The molecule has 1 unspecified atom stereocenters. The molecule has 0 spiro atoms. The van der Waals surface area contributed by atoms with Crippen molar-refractivity contribution in [3.8, 4) is 0 Å². The van der Waals surface area contributed by atoms with Gasteiger partial charge in [-0.15, -0.1) is 36.6 Å². The summed E-state index contributed by atoms with van der Waals surface area (Å²) in [4.78, 5) is 16.5. The van der Waals surface area contributed by atoms with Crippen molar-refractivity contribution in [2.75, 3.05) is 42.7 Å². The average molecular weight is 385 g/mol. The van der Waals surface area contributed by atoms with E-state index in [1.807, 2.05) is 29.2 Å². The molecule has 0 saturated carbocycles. The summed E-state index contributed by atoms with van der Waals surface area (Å²) in [6.07, 6.45) is 0. The van der Waals surface area contributed by atoms with Crippen LogP contribution in [0.4, 0.5) is 5.69 Å². The number of halogens is 3. The fraction of sp³-hybridized carbons (Fsp3) is 0.500. The molecule has 2 aliphatic rings. The number of anilines is 1. The Bertz CT molecular complexity index is 492. The minimum atomic E-state index is 0. The van der Waals surface area contributed by atoms with Crippen molar-refractivity contribution in [1.82, 2.24) is 10.2 Å². The molecule has 1 N–H and O–H groups in total. The summed E-state index contributed by atoms with van der Waals surface area (Å²) in [7, 11) is 0. The Morgan fingerprint density at radius 2 is 1.86 bits per heavy atom. The zero-order valence-electron chi connectivity index (χ0n) is 12.0. The zero-order chi connectivity index (χ0) is 13.9. The van der Waals surface area contributed by atoms with E-state index < -0.39 is 0 Å². The largest absolute Gasteiger partial charge is 0.367 e. The smallest absolute Gasteiger partial charge is 0.240 e. The Hall–Kier alpha value is -0.330. The molecule has 0 bridgehead atoms. The number of nitrogens with zero attached hydrogens (tertiary/aromatic N) is 2. The van der Waals surface area contributed by atoms with Crippen LogP contribution >= 0.6 is 48.2 Å². The van der Waals surface area contributed by atoms with E-state index in [0.29, 0.717) is 0 Å². The van der Waals surface area contributed by atoms with Crippen LogP contribution in [0.3, 0.4) is 0 Å². The van der Waals surface area contributed by atoms with Crippen LogP contribution in [-0.4, -0.2) is 54.7 Å². The summed E-state index contributed by atoms with van der Waals surface area (Å²) >= 11 is 8.01. The van der Waals surface area contributed by atoms with Gasteiger partial charge in [0.25, 0.3) is 0 Å². The van der Waals surface area contributed by atoms with Gasteiger partial charge in [0.1, 0.15) is 0 Å². The first-order valence-corrected chi connectivity index (χ1v) is 8.38. The first-order chi connectivity index (χ1) is 9.75. The molecule has 1 aromatic rings. The molecule has 3 rings (SSSR count). The minimum absolute atomic E-state index is 0. The molecule has 1 aromatic carbocycles. The van der Waals surface area contributed by atoms with Gasteiger partial charge in [-0.25, -0.2) is 0 Å². The van der Waals surface area contributed by atoms with Gasteiger partial charge in [-0.2, -0.15) is 0 Å². The number of hydrogen-bond donors (Lipinski definition) is 1. The number of para-hydroxylation sites is 1. The Balaban J connectivity index is 0.00000121. The van der Waals surface area contributed by atoms with Crippen molar-refractivity contribution in [3.63, 3.8) is 0 Å². The maximum absolute atomic E-state index is 12.3. The van der Waals surface area contributed by atoms with Gasteiger partial charge in [0.05, 0.1) is 16.8 Å². The quantitative estimate of drug-likeness (QED) is 0.850. The minimum Gasteiger partial charge on any atom is -0.367 e. The molecule has 2 saturated heterocycles. The van der Waals surface area contributed by atoms with E-state index in [9.17, 15) is 4.79 Å². The summed E-state index contributed by atoms with van der Waals surface area (Å²) in [6.45, 7) is 3.23. The second-order valence-corrected chi connectivity index (χ2v) is 6.47. The van der Waals surface area contributed by atoms with E-state index in [4.69, 9.17) is 11.6 Å². The average Bonchev–Trinajstić information content (AvgIpc) is 3.01. The first-order valence-electron chi connectivity index (χ1n) is 6.85. The highest BCUT2D eigenvalue weighted by Crippen LogP contribution is 2.26. The van der Waals surface area contributed by atoms with Crippen molar-refractivity contribution < 1.29 is 4.79 Å². The topological polar surface area (TPSA) is 35.6 Å². The zero-order valence-corrected chi connectivity index (χ0v) is 15.2. The highest BCUT2D eigenvalue weighted by molar-refractivity contribution is 7.99. The third kappa shape index (κ3) is 4.36. The number of rotatable bonds is 2. The monoisotopic (exact) mass is 383 g/mol. The van der Waals surface area contributed by atoms with E-state index in [1.54, 1.807) is 11.8 Å². The van der Waals surface area contributed by atoms with Crippen molar-refractivity contribution in [2.24, 2.45) is 0 Å². The number of nitrogens with one attached hydrogen (secondary N) is 1. The molecular weight excluding hydrogens is 365 g/mol. The Morgan fingerprint density at radius 3 is 2.45 bits per heavy atom. The van der Waals surface area contributed by atoms with Crippen LogP contribution in [0.1, 0.15) is 0 Å². The molecule has 8 heteroatoms. The van der Waals surface area contributed by atoms with Gasteiger partial charge in [0.15, 0.2) is 0 Å². The van der Waals surface area contributed by atoms with Gasteiger partial charge in [0.2, 0.25) is 5.91 Å². The molecule has 2 fully saturated rings. The van der Waals surface area contributed by atoms with Crippen LogP contribution in [-0.2, 0) is 4.79 Å². The maximum atomic E-state index is 12.3. The van der Waals surface area contributed by atoms with E-state index >= 15 is 0 Å². The van der Waals surface area contributed by atoms with E-state index in [2.05, 4.69) is 10.2 Å². The molecule has 124 valence electrons. The molecule has 1 amide bonds. The van der Waals surface area contributed by atoms with Crippen LogP contribution in [0.25, 0.3) is 0 Å². The highest BCUT2D eigenvalue weighted by Gasteiger charge is 2.29. The lowest BCUT2D eigenvalue weighted by molar-refractivity contribution is -0.132. The normalized spacial score (nSPS) is 21.0. The number of thioether (sulfide) groups is 1. The van der Waals surface area contributed by atoms with Crippen LogP contribution in [0.5, 0.6) is 0 Å². The molecule has 0 aliphatic carbocycles. The van der Waals surface area contributed by atoms with Gasteiger partial charge in [-0.3, -0.25) is 10.1 Å². The Kier molecular flexibility index (Phi) is 8.14. The van der Waals surface area contributed by atoms with E-state index in [0.717, 1.165) is 48.5 Å². The first kappa shape index (κ1) is 19.7. The number of carbonyl (C=O) groups is 1. The van der Waals surface area contributed by atoms with Crippen LogP contribution in [0.2, 0.25) is 5.02 Å². The fourth-order valence-corrected chi connectivity index (χ4v) is 3.84. The summed E-state index contributed by atoms with van der Waals surface area (Å²) in [6, 6.07) is 7.89. The van der Waals surface area contributed by atoms with Gasteiger partial charge in [-0.05, 0) is 12.1 Å². The second kappa shape index (κ2) is 9.08. The highest BCUT2D eigenvalue weighted by atomic mass is 35.5. The molecule has 1 atom stereocenters. The lowest BCUT2D eigenvalue weighted by Gasteiger charge is -2.37. The number of hydrogen-bond acceptors (Lipinski definition) is 4. The van der Waals surface area contributed by atoms with Gasteiger partial charge in [0, 0.05) is 37.8 Å². The van der Waals surface area contributed by atoms with Crippen LogP contribution < -0.4 is 10.2 Å². The van der Waals surface area contributed by atoms with Gasteiger partial charge >= 0.3 is 0 Å². The molecular formula is C14H20Cl3N3OS. The lowest BCUT2D eigenvalue weighted by Crippen LogP contribution is -2.53. The maximum Gasteiger partial charge on any atom is 0.240 e. The summed E-state index contributed by atoms with van der Waals surface area (Å²) in [5.74, 6) is 2.02. The molecule has 0 radical (unpaired) electrons. The molecule has 4 nitrogen and oxygen atoms in total. The van der Waals surface area contributed by atoms with Crippen LogP contribution in [0.15, 0.2) is 24.3 Å². The summed E-state index contributed by atoms with van der Waals surface area (Å²) in [5.41, 5.74) is 1.07. The van der Waals surface area contributed by atoms with Crippen molar-refractivity contribution >= 4 is 59.8 Å². The standard InChI is InChI=1S/C14H18ClN3OS.2ClH/c15-11-3-1-2-4-13(11)17-5-7-18(8-6-17)14(19)12-9-20-10-16-12;;/h1-4,12,16H,5-10H2;2*1H. The SMILES string of the molecule is Cl.Cl.O=C(C1CSCN1)N1CCN(c2ccccc2Cl)CC1. The molecule has 2 heterocycles. The number of piperazine rings is 1. The summed E-state index contributed by atoms with van der Waals surface area (Å²) < 4.78 is 0. The lowest BCUT2D eigenvalue weighted by atomic mass is 10.2. The van der Waals surface area contributed by atoms with E-state index in [1.165, 1.54) is 0 Å². The van der Waals surface area contributed by atoms with E-state index in [-0.39, 0.29) is 36.8 Å². The molecule has 22 heavy (non-hydrogen) atoms. The predicted octanol–water partition coefficient (Wildman–Crippen LogP) is 2.49. The Labute approximate surface area is 152 Å². The van der Waals surface area contributed by atoms with Crippen LogP contribution in [0, 0.1) is 0 Å². The number of amides is 1. The van der Waals surface area contributed by atoms with Crippen molar-refractivity contribution in [3.05, 3.63) is 29.3 Å². The van der Waals surface area contributed by atoms with Crippen molar-refractivity contribution in [1.29, 1.82) is 0 Å². The fourth-order valence-electron chi connectivity index (χ4n) is 2.65. The molecule has 2 aliphatic heterocycles. The van der Waals surface area contributed by atoms with Crippen molar-refractivity contribution in [2.45, 2.75) is 6.04 Å². The van der Waals surface area contributed by atoms with Gasteiger partial charge < -0.3 is 9.80 Å².